The lowest BCUT2D eigenvalue weighted by molar-refractivity contribution is 0.0929. The van der Waals surface area contributed by atoms with Crippen LogP contribution in [0.15, 0.2) is 34.0 Å². The van der Waals surface area contributed by atoms with Gasteiger partial charge in [-0.1, -0.05) is 0 Å². The first-order valence-electron chi connectivity index (χ1n) is 4.36. The Balaban J connectivity index is 2.40. The Morgan fingerprint density at radius 1 is 1.41 bits per heavy atom. The van der Waals surface area contributed by atoms with E-state index in [1.807, 2.05) is 0 Å². The zero-order chi connectivity index (χ0) is 12.6. The second-order valence-corrected chi connectivity index (χ2v) is 4.62. The van der Waals surface area contributed by atoms with E-state index in [0.717, 1.165) is 10.6 Å². The SMILES string of the molecule is Nc1nccn1C(=O)c1ccc(S(N)(=O)=O)o1. The summed E-state index contributed by atoms with van der Waals surface area (Å²) in [5, 5.41) is 4.36. The van der Waals surface area contributed by atoms with Crippen LogP contribution >= 0.6 is 0 Å². The van der Waals surface area contributed by atoms with Crippen LogP contribution in [0.2, 0.25) is 0 Å². The van der Waals surface area contributed by atoms with Crippen molar-refractivity contribution in [3.05, 3.63) is 30.3 Å². The van der Waals surface area contributed by atoms with E-state index in [4.69, 9.17) is 15.3 Å². The fourth-order valence-electron chi connectivity index (χ4n) is 1.19. The van der Waals surface area contributed by atoms with Gasteiger partial charge in [0.2, 0.25) is 11.0 Å². The van der Waals surface area contributed by atoms with Gasteiger partial charge in [-0.15, -0.1) is 0 Å². The number of aromatic nitrogens is 2. The Morgan fingerprint density at radius 3 is 2.59 bits per heavy atom. The summed E-state index contributed by atoms with van der Waals surface area (Å²) < 4.78 is 27.7. The van der Waals surface area contributed by atoms with E-state index >= 15 is 0 Å². The number of furan rings is 1. The van der Waals surface area contributed by atoms with Gasteiger partial charge in [0.15, 0.2) is 5.76 Å². The Hall–Kier alpha value is -2.13. The Labute approximate surface area is 95.9 Å². The molecular formula is C8H8N4O4S. The van der Waals surface area contributed by atoms with Crippen LogP contribution in [0.5, 0.6) is 0 Å². The zero-order valence-electron chi connectivity index (χ0n) is 8.40. The monoisotopic (exact) mass is 256 g/mol. The number of nitrogen functional groups attached to an aromatic ring is 1. The number of imidazole rings is 1. The minimum atomic E-state index is -3.97. The molecule has 0 aromatic carbocycles. The number of carbonyl (C=O) groups is 1. The van der Waals surface area contributed by atoms with Crippen LogP contribution in [0.25, 0.3) is 0 Å². The van der Waals surface area contributed by atoms with Crippen molar-refractivity contribution in [2.45, 2.75) is 5.09 Å². The first kappa shape index (κ1) is 11.4. The Bertz CT molecular complexity index is 669. The lowest BCUT2D eigenvalue weighted by Crippen LogP contribution is -2.14. The van der Waals surface area contributed by atoms with Crippen LogP contribution in [-0.2, 0) is 10.0 Å². The molecule has 4 N–H and O–H groups in total. The largest absolute Gasteiger partial charge is 0.438 e. The Morgan fingerprint density at radius 2 is 2.12 bits per heavy atom. The molecule has 0 saturated carbocycles. The number of carbonyl (C=O) groups excluding carboxylic acids is 1. The van der Waals surface area contributed by atoms with Gasteiger partial charge in [-0.2, -0.15) is 0 Å². The maximum atomic E-state index is 11.8. The highest BCUT2D eigenvalue weighted by atomic mass is 32.2. The van der Waals surface area contributed by atoms with Crippen molar-refractivity contribution < 1.29 is 17.6 Å². The summed E-state index contributed by atoms with van der Waals surface area (Å²) in [7, 11) is -3.97. The third-order valence-corrected chi connectivity index (χ3v) is 2.74. The molecule has 2 aromatic rings. The summed E-state index contributed by atoms with van der Waals surface area (Å²) in [5.74, 6) is -0.850. The van der Waals surface area contributed by atoms with E-state index in [1.54, 1.807) is 0 Å². The predicted molar refractivity (Wildman–Crippen MR) is 56.4 cm³/mol. The molecule has 0 aliphatic carbocycles. The summed E-state index contributed by atoms with van der Waals surface area (Å²) in [5.41, 5.74) is 5.42. The van der Waals surface area contributed by atoms with Crippen molar-refractivity contribution in [3.63, 3.8) is 0 Å². The zero-order valence-corrected chi connectivity index (χ0v) is 9.22. The summed E-state index contributed by atoms with van der Waals surface area (Å²) in [6, 6.07) is 2.29. The van der Waals surface area contributed by atoms with Crippen LogP contribution in [0.4, 0.5) is 5.95 Å². The van der Waals surface area contributed by atoms with Gasteiger partial charge in [-0.05, 0) is 12.1 Å². The van der Waals surface area contributed by atoms with Gasteiger partial charge in [0.1, 0.15) is 0 Å². The molecule has 0 aliphatic rings. The highest BCUT2D eigenvalue weighted by molar-refractivity contribution is 7.89. The molecule has 0 radical (unpaired) electrons. The predicted octanol–water partition coefficient (Wildman–Crippen LogP) is -0.606. The molecule has 2 rings (SSSR count). The van der Waals surface area contributed by atoms with Crippen molar-refractivity contribution >= 4 is 21.9 Å². The fourth-order valence-corrected chi connectivity index (χ4v) is 1.66. The normalized spacial score (nSPS) is 11.6. The van der Waals surface area contributed by atoms with Gasteiger partial charge >= 0.3 is 0 Å². The number of nitrogens with two attached hydrogens (primary N) is 2. The minimum Gasteiger partial charge on any atom is -0.438 e. The number of anilines is 1. The molecule has 0 amide bonds. The molecule has 90 valence electrons. The molecule has 0 bridgehead atoms. The maximum Gasteiger partial charge on any atom is 0.300 e. The Kier molecular flexibility index (Phi) is 2.48. The van der Waals surface area contributed by atoms with Crippen molar-refractivity contribution in [3.8, 4) is 0 Å². The first-order chi connectivity index (χ1) is 7.89. The molecule has 0 saturated heterocycles. The second-order valence-electron chi connectivity index (χ2n) is 3.12. The van der Waals surface area contributed by atoms with Gasteiger partial charge in [-0.3, -0.25) is 4.79 Å². The maximum absolute atomic E-state index is 11.8. The average molecular weight is 256 g/mol. The van der Waals surface area contributed by atoms with Crippen molar-refractivity contribution in [1.29, 1.82) is 0 Å². The molecule has 0 atom stereocenters. The summed E-state index contributed by atoms with van der Waals surface area (Å²) >= 11 is 0. The van der Waals surface area contributed by atoms with Crippen molar-refractivity contribution in [2.75, 3.05) is 5.73 Å². The van der Waals surface area contributed by atoms with Crippen LogP contribution in [0.3, 0.4) is 0 Å². The van der Waals surface area contributed by atoms with Crippen molar-refractivity contribution in [2.24, 2.45) is 5.14 Å². The molecule has 8 nitrogen and oxygen atoms in total. The second kappa shape index (κ2) is 3.71. The third kappa shape index (κ3) is 2.05. The van der Waals surface area contributed by atoms with Crippen LogP contribution in [0, 0.1) is 0 Å². The molecule has 17 heavy (non-hydrogen) atoms. The first-order valence-corrected chi connectivity index (χ1v) is 5.90. The summed E-state index contributed by atoms with van der Waals surface area (Å²) in [6.07, 6.45) is 2.66. The number of nitrogens with zero attached hydrogens (tertiary/aromatic N) is 2. The topological polar surface area (TPSA) is 134 Å². The van der Waals surface area contributed by atoms with Crippen LogP contribution in [-0.4, -0.2) is 23.9 Å². The molecule has 0 fully saturated rings. The van der Waals surface area contributed by atoms with Gasteiger partial charge in [-0.25, -0.2) is 23.1 Å². The lowest BCUT2D eigenvalue weighted by Gasteiger charge is -1.99. The average Bonchev–Trinajstić information content (AvgIpc) is 2.83. The van der Waals surface area contributed by atoms with Gasteiger partial charge in [0, 0.05) is 12.4 Å². The summed E-state index contributed by atoms with van der Waals surface area (Å²) in [6.45, 7) is 0. The van der Waals surface area contributed by atoms with Crippen LogP contribution in [0.1, 0.15) is 10.6 Å². The van der Waals surface area contributed by atoms with Crippen molar-refractivity contribution in [1.82, 2.24) is 9.55 Å². The lowest BCUT2D eigenvalue weighted by atomic mass is 10.4. The minimum absolute atomic E-state index is 0.0245. The quantitative estimate of drug-likeness (QED) is 0.736. The molecule has 0 spiro atoms. The van der Waals surface area contributed by atoms with E-state index < -0.39 is 21.0 Å². The fraction of sp³-hybridized carbons (Fsp3) is 0. The van der Waals surface area contributed by atoms with E-state index in [-0.39, 0.29) is 11.7 Å². The molecule has 2 aromatic heterocycles. The summed E-state index contributed by atoms with van der Waals surface area (Å²) in [4.78, 5) is 15.4. The van der Waals surface area contributed by atoms with Crippen LogP contribution < -0.4 is 10.9 Å². The molecule has 9 heteroatoms. The third-order valence-electron chi connectivity index (χ3n) is 1.96. The van der Waals surface area contributed by atoms with Gasteiger partial charge < -0.3 is 10.2 Å². The number of primary sulfonamides is 1. The molecular weight excluding hydrogens is 248 g/mol. The van der Waals surface area contributed by atoms with Gasteiger partial charge in [0.25, 0.3) is 15.9 Å². The standard InChI is InChI=1S/C8H8N4O4S/c9-8-11-3-4-12(8)7(13)5-1-2-6(16-5)17(10,14)15/h1-4H,(H2,9,11)(H2,10,14,15). The van der Waals surface area contributed by atoms with Gasteiger partial charge in [0.05, 0.1) is 0 Å². The number of hydrogen-bond donors (Lipinski definition) is 2. The number of sulfonamides is 1. The highest BCUT2D eigenvalue weighted by Crippen LogP contribution is 2.14. The van der Waals surface area contributed by atoms with E-state index in [1.165, 1.54) is 18.5 Å². The number of rotatable bonds is 2. The van der Waals surface area contributed by atoms with E-state index in [9.17, 15) is 13.2 Å². The van der Waals surface area contributed by atoms with E-state index in [2.05, 4.69) is 4.98 Å². The molecule has 2 heterocycles. The number of hydrogen-bond acceptors (Lipinski definition) is 6. The smallest absolute Gasteiger partial charge is 0.300 e. The highest BCUT2D eigenvalue weighted by Gasteiger charge is 2.19. The molecule has 0 unspecified atom stereocenters. The molecule has 0 aliphatic heterocycles. The van der Waals surface area contributed by atoms with E-state index in [0.29, 0.717) is 0 Å².